The Kier molecular flexibility index (Phi) is 3.28. The summed E-state index contributed by atoms with van der Waals surface area (Å²) in [7, 11) is -3.56. The quantitative estimate of drug-likeness (QED) is 0.882. The van der Waals surface area contributed by atoms with Crippen LogP contribution in [-0.4, -0.2) is 34.0 Å². The van der Waals surface area contributed by atoms with E-state index in [0.29, 0.717) is 18.1 Å². The van der Waals surface area contributed by atoms with Crippen molar-refractivity contribution in [2.24, 2.45) is 10.3 Å². The van der Waals surface area contributed by atoms with E-state index >= 15 is 0 Å². The number of hydrogen-bond acceptors (Lipinski definition) is 4. The topological polar surface area (TPSA) is 67.8 Å². The highest BCUT2D eigenvalue weighted by molar-refractivity contribution is 7.90. The number of benzene rings is 1. The lowest BCUT2D eigenvalue weighted by atomic mass is 10.0. The molecule has 2 aliphatic rings. The van der Waals surface area contributed by atoms with Gasteiger partial charge in [0.2, 0.25) is 5.90 Å². The molecule has 0 saturated carbocycles. The van der Waals surface area contributed by atoms with Gasteiger partial charge < -0.3 is 10.1 Å². The number of nitrogens with one attached hydrogen (secondary N) is 1. The van der Waals surface area contributed by atoms with Gasteiger partial charge in [0.25, 0.3) is 10.0 Å². The molecule has 2 heterocycles. The monoisotopic (exact) mass is 280 g/mol. The lowest BCUT2D eigenvalue weighted by molar-refractivity contribution is 0.210. The van der Waals surface area contributed by atoms with Crippen LogP contribution in [0.1, 0.15) is 18.4 Å². The van der Waals surface area contributed by atoms with Crippen molar-refractivity contribution in [1.29, 1.82) is 0 Å². The average Bonchev–Trinajstić information content (AvgIpc) is 2.70. The molecule has 1 aromatic rings. The molecule has 1 saturated heterocycles. The van der Waals surface area contributed by atoms with Crippen molar-refractivity contribution in [2.45, 2.75) is 17.7 Å². The van der Waals surface area contributed by atoms with Crippen LogP contribution in [0.4, 0.5) is 0 Å². The van der Waals surface area contributed by atoms with Gasteiger partial charge in [-0.15, -0.1) is 4.40 Å². The summed E-state index contributed by atoms with van der Waals surface area (Å²) in [5.74, 6) is 0.660. The second-order valence-electron chi connectivity index (χ2n) is 4.89. The minimum absolute atomic E-state index is 0.237. The van der Waals surface area contributed by atoms with Crippen LogP contribution in [0.2, 0.25) is 0 Å². The molecule has 102 valence electrons. The zero-order valence-electron chi connectivity index (χ0n) is 10.5. The van der Waals surface area contributed by atoms with Gasteiger partial charge in [-0.2, -0.15) is 8.42 Å². The van der Waals surface area contributed by atoms with Crippen LogP contribution in [0.25, 0.3) is 0 Å². The smallest absolute Gasteiger partial charge is 0.286 e. The van der Waals surface area contributed by atoms with E-state index in [2.05, 4.69) is 9.71 Å². The van der Waals surface area contributed by atoms with Gasteiger partial charge in [0, 0.05) is 12.5 Å². The number of fused-ring (bicyclic) bond motifs is 1. The molecule has 5 nitrogen and oxygen atoms in total. The number of ether oxygens (including phenoxy) is 1. The summed E-state index contributed by atoms with van der Waals surface area (Å²) in [6, 6.07) is 6.78. The molecule has 0 bridgehead atoms. The number of hydrogen-bond donors (Lipinski definition) is 1. The SMILES string of the molecule is O=S1(=O)N=C(OC[C@@H]2CCCNC2)c2ccccc21. The van der Waals surface area contributed by atoms with E-state index < -0.39 is 10.0 Å². The summed E-state index contributed by atoms with van der Waals surface area (Å²) in [4.78, 5) is 0.242. The van der Waals surface area contributed by atoms with Gasteiger partial charge in [-0.1, -0.05) is 12.1 Å². The zero-order chi connectivity index (χ0) is 13.3. The van der Waals surface area contributed by atoms with Crippen LogP contribution in [0.5, 0.6) is 0 Å². The van der Waals surface area contributed by atoms with Gasteiger partial charge in [0.15, 0.2) is 0 Å². The van der Waals surface area contributed by atoms with Crippen molar-refractivity contribution < 1.29 is 13.2 Å². The van der Waals surface area contributed by atoms with E-state index in [1.807, 2.05) is 0 Å². The second-order valence-corrected chi connectivity index (χ2v) is 6.46. The summed E-state index contributed by atoms with van der Waals surface area (Å²) in [5, 5.41) is 3.31. The normalized spacial score (nSPS) is 24.6. The Balaban J connectivity index is 1.75. The maximum Gasteiger partial charge on any atom is 0.286 e. The Hall–Kier alpha value is -1.40. The maximum absolute atomic E-state index is 11.8. The standard InChI is InChI=1S/C13H16N2O3S/c16-19(17)12-6-2-1-5-11(12)13(15-19)18-9-10-4-3-7-14-8-10/h1-2,5-6,10,14H,3-4,7-9H2/t10-/m1/s1. The van der Waals surface area contributed by atoms with Crippen molar-refractivity contribution >= 4 is 15.9 Å². The molecule has 0 amide bonds. The van der Waals surface area contributed by atoms with Gasteiger partial charge in [-0.05, 0) is 31.5 Å². The van der Waals surface area contributed by atoms with Crippen molar-refractivity contribution in [2.75, 3.05) is 19.7 Å². The number of nitrogens with zero attached hydrogens (tertiary/aromatic N) is 1. The Bertz CT molecular complexity index is 604. The van der Waals surface area contributed by atoms with E-state index in [1.165, 1.54) is 0 Å². The van der Waals surface area contributed by atoms with Crippen molar-refractivity contribution in [3.8, 4) is 0 Å². The molecular formula is C13H16N2O3S. The number of piperidine rings is 1. The predicted octanol–water partition coefficient (Wildman–Crippen LogP) is 1.15. The Morgan fingerprint density at radius 3 is 3.00 bits per heavy atom. The van der Waals surface area contributed by atoms with E-state index in [0.717, 1.165) is 25.9 Å². The Morgan fingerprint density at radius 1 is 1.37 bits per heavy atom. The van der Waals surface area contributed by atoms with E-state index in [1.54, 1.807) is 24.3 Å². The first kappa shape index (κ1) is 12.6. The first-order valence-corrected chi connectivity index (χ1v) is 7.89. The van der Waals surface area contributed by atoms with Gasteiger partial charge in [0.05, 0.1) is 12.2 Å². The molecule has 1 N–H and O–H groups in total. The lowest BCUT2D eigenvalue weighted by Crippen LogP contribution is -2.32. The van der Waals surface area contributed by atoms with Crippen LogP contribution in [0, 0.1) is 5.92 Å². The van der Waals surface area contributed by atoms with Gasteiger partial charge in [-0.25, -0.2) is 0 Å². The first-order valence-electron chi connectivity index (χ1n) is 6.45. The fourth-order valence-electron chi connectivity index (χ4n) is 2.44. The molecule has 19 heavy (non-hydrogen) atoms. The third kappa shape index (κ3) is 2.50. The molecule has 3 rings (SSSR count). The van der Waals surface area contributed by atoms with Crippen LogP contribution in [0.15, 0.2) is 33.6 Å². The lowest BCUT2D eigenvalue weighted by Gasteiger charge is -2.22. The van der Waals surface area contributed by atoms with Gasteiger partial charge in [0.1, 0.15) is 4.90 Å². The molecule has 1 fully saturated rings. The molecule has 6 heteroatoms. The molecular weight excluding hydrogens is 264 g/mol. The summed E-state index contributed by atoms with van der Waals surface area (Å²) < 4.78 is 33.0. The third-order valence-electron chi connectivity index (χ3n) is 3.45. The molecule has 2 aliphatic heterocycles. The minimum Gasteiger partial charge on any atom is -0.476 e. The van der Waals surface area contributed by atoms with Gasteiger partial charge in [-0.3, -0.25) is 0 Å². The minimum atomic E-state index is -3.56. The number of rotatable bonds is 2. The highest BCUT2D eigenvalue weighted by Crippen LogP contribution is 2.26. The maximum atomic E-state index is 11.8. The van der Waals surface area contributed by atoms with Crippen molar-refractivity contribution in [3.05, 3.63) is 29.8 Å². The second kappa shape index (κ2) is 4.94. The molecule has 1 aromatic carbocycles. The molecule has 0 unspecified atom stereocenters. The molecule has 0 spiro atoms. The van der Waals surface area contributed by atoms with E-state index in [-0.39, 0.29) is 10.8 Å². The Morgan fingerprint density at radius 2 is 2.21 bits per heavy atom. The van der Waals surface area contributed by atoms with Crippen molar-refractivity contribution in [3.63, 3.8) is 0 Å². The largest absolute Gasteiger partial charge is 0.476 e. The van der Waals surface area contributed by atoms with Crippen molar-refractivity contribution in [1.82, 2.24) is 5.32 Å². The fraction of sp³-hybridized carbons (Fsp3) is 0.462. The summed E-state index contributed by atoms with van der Waals surface area (Å²) >= 11 is 0. The first-order chi connectivity index (χ1) is 9.17. The molecule has 0 aromatic heterocycles. The average molecular weight is 280 g/mol. The van der Waals surface area contributed by atoms with Crippen LogP contribution in [0.3, 0.4) is 0 Å². The summed E-state index contributed by atoms with van der Waals surface area (Å²) in [5.41, 5.74) is 0.575. The number of sulfonamides is 1. The van der Waals surface area contributed by atoms with Crippen LogP contribution in [-0.2, 0) is 14.8 Å². The van der Waals surface area contributed by atoms with E-state index in [4.69, 9.17) is 4.74 Å². The third-order valence-corrected chi connectivity index (χ3v) is 4.77. The summed E-state index contributed by atoms with van der Waals surface area (Å²) in [6.07, 6.45) is 2.24. The van der Waals surface area contributed by atoms with Crippen LogP contribution < -0.4 is 5.32 Å². The van der Waals surface area contributed by atoms with E-state index in [9.17, 15) is 8.42 Å². The molecule has 0 radical (unpaired) electrons. The predicted molar refractivity (Wildman–Crippen MR) is 71.7 cm³/mol. The molecule has 0 aliphatic carbocycles. The van der Waals surface area contributed by atoms with Crippen LogP contribution >= 0.6 is 0 Å². The highest BCUT2D eigenvalue weighted by atomic mass is 32.2. The fourth-order valence-corrected chi connectivity index (χ4v) is 3.59. The highest BCUT2D eigenvalue weighted by Gasteiger charge is 2.30. The van der Waals surface area contributed by atoms with Gasteiger partial charge >= 0.3 is 0 Å². The summed E-state index contributed by atoms with van der Waals surface area (Å²) in [6.45, 7) is 2.48. The zero-order valence-corrected chi connectivity index (χ0v) is 11.3. The Labute approximate surface area is 112 Å². The molecule has 1 atom stereocenters.